The number of hydrogen-bond acceptors (Lipinski definition) is 2. The SMILES string of the molecule is CC(C)CC1CCCC(O)(C2CCCCCN2)C1. The van der Waals surface area contributed by atoms with E-state index in [0.29, 0.717) is 6.04 Å². The maximum absolute atomic E-state index is 11.0. The van der Waals surface area contributed by atoms with Crippen LogP contribution in [0.5, 0.6) is 0 Å². The predicted molar refractivity (Wildman–Crippen MR) is 76.6 cm³/mol. The summed E-state index contributed by atoms with van der Waals surface area (Å²) in [7, 11) is 0. The van der Waals surface area contributed by atoms with E-state index >= 15 is 0 Å². The molecule has 0 aromatic rings. The molecule has 2 nitrogen and oxygen atoms in total. The van der Waals surface area contributed by atoms with Crippen LogP contribution in [0.4, 0.5) is 0 Å². The summed E-state index contributed by atoms with van der Waals surface area (Å²) in [5.41, 5.74) is -0.415. The quantitative estimate of drug-likeness (QED) is 0.807. The van der Waals surface area contributed by atoms with E-state index in [9.17, 15) is 5.11 Å². The van der Waals surface area contributed by atoms with Gasteiger partial charge in [0.05, 0.1) is 5.60 Å². The molecule has 2 heteroatoms. The summed E-state index contributed by atoms with van der Waals surface area (Å²) in [5.74, 6) is 1.51. The van der Waals surface area contributed by atoms with Gasteiger partial charge in [-0.25, -0.2) is 0 Å². The second kappa shape index (κ2) is 6.38. The maximum atomic E-state index is 11.0. The van der Waals surface area contributed by atoms with Crippen molar-refractivity contribution in [1.29, 1.82) is 0 Å². The molecule has 18 heavy (non-hydrogen) atoms. The van der Waals surface area contributed by atoms with Crippen LogP contribution in [0.25, 0.3) is 0 Å². The van der Waals surface area contributed by atoms with E-state index in [1.54, 1.807) is 0 Å². The van der Waals surface area contributed by atoms with E-state index in [0.717, 1.165) is 31.2 Å². The molecule has 2 aliphatic rings. The lowest BCUT2D eigenvalue weighted by molar-refractivity contribution is -0.0510. The highest BCUT2D eigenvalue weighted by Crippen LogP contribution is 2.39. The second-order valence-corrected chi connectivity index (χ2v) is 7.05. The van der Waals surface area contributed by atoms with Crippen LogP contribution in [0.1, 0.15) is 71.6 Å². The number of hydrogen-bond donors (Lipinski definition) is 2. The first kappa shape index (κ1) is 14.3. The molecule has 1 aliphatic carbocycles. The molecule has 0 aromatic heterocycles. The lowest BCUT2D eigenvalue weighted by atomic mass is 9.71. The van der Waals surface area contributed by atoms with Crippen LogP contribution in [0, 0.1) is 11.8 Å². The molecule has 106 valence electrons. The third kappa shape index (κ3) is 3.71. The smallest absolute Gasteiger partial charge is 0.0802 e. The third-order valence-corrected chi connectivity index (χ3v) is 4.88. The van der Waals surface area contributed by atoms with Crippen molar-refractivity contribution in [2.75, 3.05) is 6.54 Å². The van der Waals surface area contributed by atoms with Crippen LogP contribution in [-0.4, -0.2) is 23.3 Å². The second-order valence-electron chi connectivity index (χ2n) is 7.05. The van der Waals surface area contributed by atoms with Gasteiger partial charge in [-0.3, -0.25) is 0 Å². The number of nitrogens with one attached hydrogen (secondary N) is 1. The Hall–Kier alpha value is -0.0800. The molecule has 1 aliphatic heterocycles. The zero-order valence-electron chi connectivity index (χ0n) is 12.3. The Kier molecular flexibility index (Phi) is 5.08. The number of rotatable bonds is 3. The van der Waals surface area contributed by atoms with Gasteiger partial charge in [0, 0.05) is 6.04 Å². The Bertz CT molecular complexity index is 245. The first-order valence-corrected chi connectivity index (χ1v) is 8.06. The first-order valence-electron chi connectivity index (χ1n) is 8.06. The standard InChI is InChI=1S/C16H31NO/c1-13(2)11-14-7-6-9-16(18,12-14)15-8-4-3-5-10-17-15/h13-15,17-18H,3-12H2,1-2H3. The van der Waals surface area contributed by atoms with Crippen molar-refractivity contribution in [1.82, 2.24) is 5.32 Å². The van der Waals surface area contributed by atoms with E-state index in [2.05, 4.69) is 19.2 Å². The molecule has 1 saturated heterocycles. The Labute approximate surface area is 113 Å². The lowest BCUT2D eigenvalue weighted by Gasteiger charge is -2.43. The van der Waals surface area contributed by atoms with Gasteiger partial charge < -0.3 is 10.4 Å². The van der Waals surface area contributed by atoms with Gasteiger partial charge in [0.2, 0.25) is 0 Å². The van der Waals surface area contributed by atoms with Gasteiger partial charge >= 0.3 is 0 Å². The molecule has 0 spiro atoms. The van der Waals surface area contributed by atoms with Crippen molar-refractivity contribution >= 4 is 0 Å². The van der Waals surface area contributed by atoms with E-state index in [1.165, 1.54) is 44.9 Å². The molecule has 0 radical (unpaired) electrons. The average Bonchev–Trinajstić information content (AvgIpc) is 2.57. The highest BCUT2D eigenvalue weighted by molar-refractivity contribution is 4.96. The van der Waals surface area contributed by atoms with Crippen molar-refractivity contribution in [2.24, 2.45) is 11.8 Å². The van der Waals surface area contributed by atoms with Crippen molar-refractivity contribution < 1.29 is 5.11 Å². The van der Waals surface area contributed by atoms with E-state index in [1.807, 2.05) is 0 Å². The molecular weight excluding hydrogens is 222 g/mol. The summed E-state index contributed by atoms with van der Waals surface area (Å²) >= 11 is 0. The van der Waals surface area contributed by atoms with Gasteiger partial charge in [-0.15, -0.1) is 0 Å². The molecule has 2 fully saturated rings. The van der Waals surface area contributed by atoms with E-state index in [-0.39, 0.29) is 0 Å². The fourth-order valence-electron chi connectivity index (χ4n) is 4.07. The zero-order chi connectivity index (χ0) is 13.0. The molecule has 0 aromatic carbocycles. The Balaban J connectivity index is 1.95. The molecule has 0 amide bonds. The Morgan fingerprint density at radius 1 is 1.17 bits per heavy atom. The highest BCUT2D eigenvalue weighted by Gasteiger charge is 2.40. The van der Waals surface area contributed by atoms with Gasteiger partial charge in [-0.2, -0.15) is 0 Å². The first-order chi connectivity index (χ1) is 8.60. The van der Waals surface area contributed by atoms with Crippen molar-refractivity contribution in [3.8, 4) is 0 Å². The van der Waals surface area contributed by atoms with Crippen LogP contribution >= 0.6 is 0 Å². The Morgan fingerprint density at radius 2 is 2.00 bits per heavy atom. The van der Waals surface area contributed by atoms with Crippen LogP contribution in [0.15, 0.2) is 0 Å². The van der Waals surface area contributed by atoms with Crippen LogP contribution in [-0.2, 0) is 0 Å². The maximum Gasteiger partial charge on any atom is 0.0802 e. The summed E-state index contributed by atoms with van der Waals surface area (Å²) in [6.07, 6.45) is 10.9. The highest BCUT2D eigenvalue weighted by atomic mass is 16.3. The van der Waals surface area contributed by atoms with Gasteiger partial charge in [-0.05, 0) is 50.5 Å². The Morgan fingerprint density at radius 3 is 2.78 bits per heavy atom. The molecule has 1 heterocycles. The fraction of sp³-hybridized carbons (Fsp3) is 1.00. The minimum Gasteiger partial charge on any atom is -0.388 e. The fourth-order valence-corrected chi connectivity index (χ4v) is 4.07. The van der Waals surface area contributed by atoms with Crippen LogP contribution in [0.3, 0.4) is 0 Å². The van der Waals surface area contributed by atoms with Gasteiger partial charge in [0.1, 0.15) is 0 Å². The van der Waals surface area contributed by atoms with Gasteiger partial charge in [0.25, 0.3) is 0 Å². The summed E-state index contributed by atoms with van der Waals surface area (Å²) in [4.78, 5) is 0. The van der Waals surface area contributed by atoms with E-state index < -0.39 is 5.60 Å². The van der Waals surface area contributed by atoms with Crippen molar-refractivity contribution in [3.63, 3.8) is 0 Å². The molecular formula is C16H31NO. The zero-order valence-corrected chi connectivity index (χ0v) is 12.3. The molecule has 2 N–H and O–H groups in total. The monoisotopic (exact) mass is 253 g/mol. The molecule has 0 bridgehead atoms. The van der Waals surface area contributed by atoms with E-state index in [4.69, 9.17) is 0 Å². The van der Waals surface area contributed by atoms with Gasteiger partial charge in [-0.1, -0.05) is 39.5 Å². The van der Waals surface area contributed by atoms with Crippen molar-refractivity contribution in [3.05, 3.63) is 0 Å². The van der Waals surface area contributed by atoms with Crippen LogP contribution < -0.4 is 5.32 Å². The van der Waals surface area contributed by atoms with Crippen LogP contribution in [0.2, 0.25) is 0 Å². The molecule has 2 rings (SSSR count). The minimum atomic E-state index is -0.415. The largest absolute Gasteiger partial charge is 0.388 e. The summed E-state index contributed by atoms with van der Waals surface area (Å²) in [6.45, 7) is 5.71. The average molecular weight is 253 g/mol. The molecule has 1 saturated carbocycles. The van der Waals surface area contributed by atoms with Crippen molar-refractivity contribution in [2.45, 2.75) is 83.3 Å². The molecule has 3 unspecified atom stereocenters. The number of aliphatic hydroxyl groups is 1. The predicted octanol–water partition coefficient (Wildman–Crippen LogP) is 3.49. The summed E-state index contributed by atoms with van der Waals surface area (Å²) < 4.78 is 0. The molecule has 3 atom stereocenters. The summed E-state index contributed by atoms with van der Waals surface area (Å²) in [6, 6.07) is 0.356. The third-order valence-electron chi connectivity index (χ3n) is 4.88. The van der Waals surface area contributed by atoms with Gasteiger partial charge in [0.15, 0.2) is 0 Å². The normalized spacial score (nSPS) is 38.7. The topological polar surface area (TPSA) is 32.3 Å². The summed E-state index contributed by atoms with van der Waals surface area (Å²) in [5, 5.41) is 14.7. The lowest BCUT2D eigenvalue weighted by Crippen LogP contribution is -2.53. The minimum absolute atomic E-state index is 0.356.